The van der Waals surface area contributed by atoms with Crippen molar-refractivity contribution >= 4 is 81.3 Å². The Morgan fingerprint density at radius 3 is 1.91 bits per heavy atom. The Balaban J connectivity index is 1.35. The van der Waals surface area contributed by atoms with E-state index in [1.807, 2.05) is 11.3 Å². The van der Waals surface area contributed by atoms with Gasteiger partial charge in [-0.25, -0.2) is 0 Å². The van der Waals surface area contributed by atoms with Crippen LogP contribution in [0.1, 0.15) is 0 Å². The first-order valence-electron chi connectivity index (χ1n) is 14.5. The van der Waals surface area contributed by atoms with Crippen LogP contribution < -0.4 is 4.90 Å². The van der Waals surface area contributed by atoms with Gasteiger partial charge in [0, 0.05) is 58.7 Å². The molecule has 0 saturated heterocycles. The van der Waals surface area contributed by atoms with E-state index in [0.717, 1.165) is 60.9 Å². The van der Waals surface area contributed by atoms with Crippen LogP contribution in [-0.2, 0) is 0 Å². The molecule has 0 bridgehead atoms. The third-order valence-electron chi connectivity index (χ3n) is 8.44. The molecule has 43 heavy (non-hydrogen) atoms. The molecule has 0 aliphatic rings. The van der Waals surface area contributed by atoms with E-state index >= 15 is 0 Å². The van der Waals surface area contributed by atoms with E-state index in [2.05, 4.69) is 157 Å². The Morgan fingerprint density at radius 1 is 0.419 bits per heavy atom. The van der Waals surface area contributed by atoms with Gasteiger partial charge in [0.1, 0.15) is 11.2 Å². The molecule has 0 saturated carbocycles. The van der Waals surface area contributed by atoms with E-state index < -0.39 is 0 Å². The highest BCUT2D eigenvalue weighted by atomic mass is 32.1. The molecule has 0 spiro atoms. The van der Waals surface area contributed by atoms with Gasteiger partial charge < -0.3 is 9.32 Å². The Kier molecular flexibility index (Phi) is 5.40. The topological polar surface area (TPSA) is 16.4 Å². The molecule has 0 aliphatic carbocycles. The molecule has 0 radical (unpaired) electrons. The molecule has 0 atom stereocenters. The highest BCUT2D eigenvalue weighted by Gasteiger charge is 2.21. The first-order chi connectivity index (χ1) is 21.3. The van der Waals surface area contributed by atoms with E-state index in [1.165, 1.54) is 20.2 Å². The van der Waals surface area contributed by atoms with Crippen molar-refractivity contribution in [1.82, 2.24) is 0 Å². The lowest BCUT2D eigenvalue weighted by Crippen LogP contribution is -2.10. The number of furan rings is 1. The Morgan fingerprint density at radius 2 is 1.07 bits per heavy atom. The van der Waals surface area contributed by atoms with Gasteiger partial charge in [-0.1, -0.05) is 115 Å². The van der Waals surface area contributed by atoms with Crippen molar-refractivity contribution in [3.05, 3.63) is 152 Å². The standard InChI is InChI=1S/C40H25NOS/c1-3-12-26(13-4-1)29-19-11-20-34-35-25-36(30-16-7-8-18-33(30)40(35)42-39(29)34)41(27-14-5-2-6-15-27)28-22-23-32-31-17-9-10-21-37(31)43-38(32)24-28/h1-25H. The summed E-state index contributed by atoms with van der Waals surface area (Å²) in [5, 5.41) is 7.10. The van der Waals surface area contributed by atoms with Crippen molar-refractivity contribution < 1.29 is 4.42 Å². The highest BCUT2D eigenvalue weighted by Crippen LogP contribution is 2.47. The quantitative estimate of drug-likeness (QED) is 0.210. The molecule has 2 heterocycles. The largest absolute Gasteiger partial charge is 0.455 e. The predicted octanol–water partition coefficient (Wildman–Crippen LogP) is 12.2. The minimum absolute atomic E-state index is 0.920. The Labute approximate surface area is 252 Å². The number of thiophene rings is 1. The molecular weight excluding hydrogens is 543 g/mol. The number of rotatable bonds is 4. The highest BCUT2D eigenvalue weighted by molar-refractivity contribution is 7.25. The van der Waals surface area contributed by atoms with Crippen LogP contribution in [0.15, 0.2) is 156 Å². The maximum Gasteiger partial charge on any atom is 0.143 e. The fraction of sp³-hybridized carbons (Fsp3) is 0. The molecule has 0 N–H and O–H groups in total. The molecule has 9 rings (SSSR count). The van der Waals surface area contributed by atoms with Gasteiger partial charge in [0.2, 0.25) is 0 Å². The smallest absolute Gasteiger partial charge is 0.143 e. The number of nitrogens with zero attached hydrogens (tertiary/aromatic N) is 1. The van der Waals surface area contributed by atoms with Crippen LogP contribution in [0.3, 0.4) is 0 Å². The van der Waals surface area contributed by atoms with E-state index in [9.17, 15) is 0 Å². The fourth-order valence-corrected chi connectivity index (χ4v) is 7.63. The maximum absolute atomic E-state index is 6.77. The van der Waals surface area contributed by atoms with E-state index in [0.29, 0.717) is 0 Å². The lowest BCUT2D eigenvalue weighted by molar-refractivity contribution is 0.674. The van der Waals surface area contributed by atoms with Crippen molar-refractivity contribution in [2.45, 2.75) is 0 Å². The van der Waals surface area contributed by atoms with Crippen LogP contribution in [0.2, 0.25) is 0 Å². The molecule has 0 unspecified atom stereocenters. The van der Waals surface area contributed by atoms with Crippen LogP contribution in [0.25, 0.3) is 64.0 Å². The minimum Gasteiger partial charge on any atom is -0.455 e. The summed E-state index contributed by atoms with van der Waals surface area (Å²) in [4.78, 5) is 2.39. The number of anilines is 3. The summed E-state index contributed by atoms with van der Waals surface area (Å²) >= 11 is 1.85. The molecule has 7 aromatic carbocycles. The van der Waals surface area contributed by atoms with Gasteiger partial charge >= 0.3 is 0 Å². The second-order valence-electron chi connectivity index (χ2n) is 10.9. The van der Waals surface area contributed by atoms with Crippen LogP contribution in [0.5, 0.6) is 0 Å². The zero-order valence-corrected chi connectivity index (χ0v) is 24.0. The summed E-state index contributed by atoms with van der Waals surface area (Å²) in [7, 11) is 0. The first-order valence-corrected chi connectivity index (χ1v) is 15.3. The minimum atomic E-state index is 0.920. The summed E-state index contributed by atoms with van der Waals surface area (Å²) in [6.45, 7) is 0. The molecule has 9 aromatic rings. The number of hydrogen-bond acceptors (Lipinski definition) is 3. The number of fused-ring (bicyclic) bond motifs is 8. The maximum atomic E-state index is 6.77. The van der Waals surface area contributed by atoms with Crippen molar-refractivity contribution in [2.24, 2.45) is 0 Å². The summed E-state index contributed by atoms with van der Waals surface area (Å²) in [5.74, 6) is 0. The molecule has 0 aliphatic heterocycles. The summed E-state index contributed by atoms with van der Waals surface area (Å²) in [5.41, 5.74) is 7.48. The van der Waals surface area contributed by atoms with E-state index in [1.54, 1.807) is 0 Å². The van der Waals surface area contributed by atoms with E-state index in [4.69, 9.17) is 4.42 Å². The zero-order chi connectivity index (χ0) is 28.3. The molecule has 202 valence electrons. The van der Waals surface area contributed by atoms with Crippen LogP contribution in [0, 0.1) is 0 Å². The normalized spacial score (nSPS) is 11.7. The monoisotopic (exact) mass is 567 g/mol. The Bertz CT molecular complexity index is 2460. The van der Waals surface area contributed by atoms with Crippen LogP contribution >= 0.6 is 11.3 Å². The molecule has 2 nitrogen and oxygen atoms in total. The lowest BCUT2D eigenvalue weighted by Gasteiger charge is -2.27. The first kappa shape index (κ1) is 24.2. The third-order valence-corrected chi connectivity index (χ3v) is 9.58. The van der Waals surface area contributed by atoms with Crippen LogP contribution in [0.4, 0.5) is 17.1 Å². The molecular formula is C40H25NOS. The Hall–Kier alpha value is -5.38. The van der Waals surface area contributed by atoms with E-state index in [-0.39, 0.29) is 0 Å². The lowest BCUT2D eigenvalue weighted by atomic mass is 9.99. The van der Waals surface area contributed by atoms with Crippen molar-refractivity contribution in [3.8, 4) is 11.1 Å². The predicted molar refractivity (Wildman–Crippen MR) is 184 cm³/mol. The SMILES string of the molecule is c1ccc(-c2cccc3c2oc2c4ccccc4c(N(c4ccccc4)c4ccc5c(c4)sc4ccccc45)cc32)cc1. The van der Waals surface area contributed by atoms with Gasteiger partial charge in [0.05, 0.1) is 5.69 Å². The summed E-state index contributed by atoms with van der Waals surface area (Å²) < 4.78 is 9.37. The average molecular weight is 568 g/mol. The second-order valence-corrected chi connectivity index (χ2v) is 12.0. The van der Waals surface area contributed by atoms with Crippen molar-refractivity contribution in [1.29, 1.82) is 0 Å². The summed E-state index contributed by atoms with van der Waals surface area (Å²) in [6.07, 6.45) is 0. The molecule has 3 heteroatoms. The number of hydrogen-bond donors (Lipinski definition) is 0. The van der Waals surface area contributed by atoms with Gasteiger partial charge in [-0.3, -0.25) is 0 Å². The van der Waals surface area contributed by atoms with Gasteiger partial charge in [0.15, 0.2) is 0 Å². The van der Waals surface area contributed by atoms with Gasteiger partial charge in [-0.15, -0.1) is 11.3 Å². The number of para-hydroxylation sites is 2. The van der Waals surface area contributed by atoms with Gasteiger partial charge in [-0.05, 0) is 42.0 Å². The van der Waals surface area contributed by atoms with Crippen LogP contribution in [-0.4, -0.2) is 0 Å². The van der Waals surface area contributed by atoms with Crippen molar-refractivity contribution in [3.63, 3.8) is 0 Å². The number of benzene rings is 7. The molecule has 0 amide bonds. The third kappa shape index (κ3) is 3.79. The second kappa shape index (κ2) is 9.59. The van der Waals surface area contributed by atoms with Gasteiger partial charge in [0.25, 0.3) is 0 Å². The van der Waals surface area contributed by atoms with Gasteiger partial charge in [-0.2, -0.15) is 0 Å². The van der Waals surface area contributed by atoms with Crippen molar-refractivity contribution in [2.75, 3.05) is 4.90 Å². The molecule has 0 fully saturated rings. The summed E-state index contributed by atoms with van der Waals surface area (Å²) in [6, 6.07) is 54.1. The average Bonchev–Trinajstić information content (AvgIpc) is 3.64. The zero-order valence-electron chi connectivity index (χ0n) is 23.2. The fourth-order valence-electron chi connectivity index (χ4n) is 6.49. The molecule has 2 aromatic heterocycles.